The summed E-state index contributed by atoms with van der Waals surface area (Å²) in [5.74, 6) is -1.45. The normalized spacial score (nSPS) is 17.2. The van der Waals surface area contributed by atoms with E-state index in [1.807, 2.05) is 0 Å². The molecule has 0 amide bonds. The van der Waals surface area contributed by atoms with Crippen LogP contribution in [-0.4, -0.2) is 244 Å². The highest BCUT2D eigenvalue weighted by molar-refractivity contribution is 6.03. The van der Waals surface area contributed by atoms with Gasteiger partial charge in [0.25, 0.3) is 0 Å². The second kappa shape index (κ2) is 42.7. The fourth-order valence-electron chi connectivity index (χ4n) is 9.65. The standard InChI is InChI=1S/C63H95N3O19/c1-62(22-27-74-38-43-82-50-47-78-34-31-70-3)53-13-9-11-15-55(53)64(24-29-76-40-45-81-42-37-73-26-21-61(69)85-66-59(67)19-20-60(66)68)57(62)17-7-6-8-18-58-63(2,23-28-75-39-44-83-51-48-79-35-32-71-4)54-14-10-12-16-56(54)65(58)25-30-77-41-46-84-52-49-80-36-33-72-5/h6-20H,21-52H2,1-5H3,(H-,67,68)/p+1. The first kappa shape index (κ1) is 70.6. The first-order valence-corrected chi connectivity index (χ1v) is 29.6. The van der Waals surface area contributed by atoms with Gasteiger partial charge in [-0.15, -0.1) is 4.73 Å². The molecule has 0 saturated heterocycles. The van der Waals surface area contributed by atoms with E-state index in [0.717, 1.165) is 35.6 Å². The number of rotatable bonds is 52. The molecule has 0 fully saturated rings. The lowest BCUT2D eigenvalue weighted by atomic mass is 9.76. The van der Waals surface area contributed by atoms with E-state index in [2.05, 4.69) is 102 Å². The Kier molecular flexibility index (Phi) is 35.5. The number of hydrogen-bond acceptors (Lipinski definition) is 20. The molecule has 1 aromatic heterocycles. The maximum Gasteiger partial charge on any atom is 0.335 e. The van der Waals surface area contributed by atoms with Gasteiger partial charge in [0.2, 0.25) is 17.4 Å². The van der Waals surface area contributed by atoms with Crippen LogP contribution in [0, 0.1) is 0 Å². The molecule has 85 heavy (non-hydrogen) atoms. The Labute approximate surface area is 502 Å². The number of ether oxygens (including phenoxy) is 15. The maximum absolute atomic E-state index is 12.1. The number of allylic oxidation sites excluding steroid dienone is 6. The van der Waals surface area contributed by atoms with Crippen molar-refractivity contribution in [2.24, 2.45) is 0 Å². The van der Waals surface area contributed by atoms with Crippen molar-refractivity contribution in [3.8, 4) is 11.8 Å². The molecule has 0 bridgehead atoms. The first-order valence-electron chi connectivity index (χ1n) is 29.6. The molecular formula is C63H96N3O19+. The second-order valence-electron chi connectivity index (χ2n) is 20.1. The Balaban J connectivity index is 1.25. The summed E-state index contributed by atoms with van der Waals surface area (Å²) in [6.45, 7) is 18.3. The average molecular weight is 1200 g/mol. The van der Waals surface area contributed by atoms with Crippen molar-refractivity contribution in [3.63, 3.8) is 0 Å². The van der Waals surface area contributed by atoms with Crippen molar-refractivity contribution in [2.75, 3.05) is 218 Å². The fourth-order valence-corrected chi connectivity index (χ4v) is 9.65. The van der Waals surface area contributed by atoms with Crippen LogP contribution in [0.1, 0.15) is 44.2 Å². The van der Waals surface area contributed by atoms with Crippen LogP contribution in [0.15, 0.2) is 96.7 Å². The zero-order chi connectivity index (χ0) is 60.5. The van der Waals surface area contributed by atoms with E-state index in [1.165, 1.54) is 23.3 Å². The van der Waals surface area contributed by atoms with E-state index in [9.17, 15) is 15.0 Å². The van der Waals surface area contributed by atoms with Crippen molar-refractivity contribution in [1.82, 2.24) is 4.73 Å². The minimum Gasteiger partial charge on any atom is -0.492 e. The fraction of sp³-hybridized carbons (Fsp3) is 0.619. The molecular weight excluding hydrogens is 1100 g/mol. The summed E-state index contributed by atoms with van der Waals surface area (Å²) in [4.78, 5) is 19.4. The molecule has 2 aliphatic rings. The predicted molar refractivity (Wildman–Crippen MR) is 320 cm³/mol. The molecule has 3 aromatic rings. The van der Waals surface area contributed by atoms with Crippen molar-refractivity contribution in [2.45, 2.75) is 43.9 Å². The molecule has 2 aliphatic heterocycles. The van der Waals surface area contributed by atoms with Crippen LogP contribution in [0.5, 0.6) is 11.8 Å². The van der Waals surface area contributed by atoms with Crippen LogP contribution in [0.25, 0.3) is 0 Å². The van der Waals surface area contributed by atoms with Gasteiger partial charge in [0.1, 0.15) is 6.61 Å². The van der Waals surface area contributed by atoms with Gasteiger partial charge in [-0.2, -0.15) is 4.58 Å². The van der Waals surface area contributed by atoms with Crippen molar-refractivity contribution < 1.29 is 95.5 Å². The Morgan fingerprint density at radius 3 is 1.41 bits per heavy atom. The van der Waals surface area contributed by atoms with E-state index >= 15 is 0 Å². The van der Waals surface area contributed by atoms with Gasteiger partial charge in [0.05, 0.1) is 170 Å². The lowest BCUT2D eigenvalue weighted by Gasteiger charge is -2.30. The highest BCUT2D eigenvalue weighted by atomic mass is 16.7. The summed E-state index contributed by atoms with van der Waals surface area (Å²) >= 11 is 0. The van der Waals surface area contributed by atoms with E-state index in [-0.39, 0.29) is 36.8 Å². The number of anilines is 1. The molecule has 2 N–H and O–H groups in total. The molecule has 2 atom stereocenters. The monoisotopic (exact) mass is 1200 g/mol. The quantitative estimate of drug-likeness (QED) is 0.0377. The number of aromatic hydroxyl groups is 2. The van der Waals surface area contributed by atoms with Gasteiger partial charge in [-0.05, 0) is 44.4 Å². The van der Waals surface area contributed by atoms with Crippen molar-refractivity contribution >= 4 is 23.1 Å². The smallest absolute Gasteiger partial charge is 0.335 e. The molecule has 22 heteroatoms. The minimum absolute atomic E-state index is 0.0754. The largest absolute Gasteiger partial charge is 0.492 e. The van der Waals surface area contributed by atoms with Crippen molar-refractivity contribution in [3.05, 3.63) is 108 Å². The number of benzene rings is 2. The average Bonchev–Trinajstić information content (AvgIpc) is 1.71. The Hall–Kier alpha value is -5.12. The molecule has 2 unspecified atom stereocenters. The Morgan fingerprint density at radius 2 is 0.894 bits per heavy atom. The third kappa shape index (κ3) is 24.9. The molecule has 476 valence electrons. The lowest BCUT2D eigenvalue weighted by molar-refractivity contribution is -0.442. The molecule has 0 aliphatic carbocycles. The molecule has 22 nitrogen and oxygen atoms in total. The van der Waals surface area contributed by atoms with Crippen LogP contribution in [0.4, 0.5) is 11.4 Å². The van der Waals surface area contributed by atoms with Gasteiger partial charge < -0.3 is 91.0 Å². The zero-order valence-corrected chi connectivity index (χ0v) is 51.0. The van der Waals surface area contributed by atoms with Gasteiger partial charge in [0, 0.05) is 87.7 Å². The van der Waals surface area contributed by atoms with E-state index in [0.29, 0.717) is 183 Å². The minimum atomic E-state index is -0.671. The zero-order valence-electron chi connectivity index (χ0n) is 51.0. The summed E-state index contributed by atoms with van der Waals surface area (Å²) in [5, 5.41) is 19.4. The van der Waals surface area contributed by atoms with Crippen LogP contribution < -0.4 is 9.74 Å². The molecule has 0 radical (unpaired) electrons. The predicted octanol–water partition coefficient (Wildman–Crippen LogP) is 5.99. The molecule has 0 spiro atoms. The Morgan fingerprint density at radius 1 is 0.471 bits per heavy atom. The van der Waals surface area contributed by atoms with Gasteiger partial charge in [-0.1, -0.05) is 54.6 Å². The Bertz CT molecular complexity index is 2400. The number of fused-ring (bicyclic) bond motifs is 2. The number of carbonyl (C=O) groups is 1. The third-order valence-electron chi connectivity index (χ3n) is 14.1. The number of aromatic nitrogens is 1. The number of methoxy groups -OCH3 is 3. The second-order valence-corrected chi connectivity index (χ2v) is 20.1. The van der Waals surface area contributed by atoms with Crippen LogP contribution >= 0.6 is 0 Å². The molecule has 3 heterocycles. The van der Waals surface area contributed by atoms with Gasteiger partial charge in [0.15, 0.2) is 12.3 Å². The molecule has 0 saturated carbocycles. The number of carbonyl (C=O) groups excluding carboxylic acids is 1. The van der Waals surface area contributed by atoms with E-state index in [4.69, 9.17) is 75.9 Å². The van der Waals surface area contributed by atoms with E-state index < -0.39 is 11.4 Å². The number of hydrogen-bond donors (Lipinski definition) is 2. The van der Waals surface area contributed by atoms with E-state index in [1.54, 1.807) is 21.3 Å². The third-order valence-corrected chi connectivity index (χ3v) is 14.1. The summed E-state index contributed by atoms with van der Waals surface area (Å²) in [7, 11) is 4.96. The molecule has 5 rings (SSSR count). The van der Waals surface area contributed by atoms with Crippen LogP contribution in [-0.2, 0) is 86.7 Å². The van der Waals surface area contributed by atoms with Gasteiger partial charge in [-0.3, -0.25) is 0 Å². The highest BCUT2D eigenvalue weighted by Gasteiger charge is 2.47. The summed E-state index contributed by atoms with van der Waals surface area (Å²) in [5.41, 5.74) is 6.22. The summed E-state index contributed by atoms with van der Waals surface area (Å²) < 4.78 is 88.0. The van der Waals surface area contributed by atoms with Gasteiger partial charge >= 0.3 is 5.97 Å². The van der Waals surface area contributed by atoms with Crippen molar-refractivity contribution in [1.29, 1.82) is 0 Å². The lowest BCUT2D eigenvalue weighted by Crippen LogP contribution is -2.33. The maximum atomic E-state index is 12.1. The number of nitrogens with zero attached hydrogens (tertiary/aromatic N) is 3. The van der Waals surface area contributed by atoms with Crippen LogP contribution in [0.2, 0.25) is 0 Å². The molecule has 2 aromatic carbocycles. The van der Waals surface area contributed by atoms with Crippen LogP contribution in [0.3, 0.4) is 0 Å². The highest BCUT2D eigenvalue weighted by Crippen LogP contribution is 2.50. The topological polar surface area (TPSA) is 216 Å². The first-order chi connectivity index (χ1) is 41.7. The summed E-state index contributed by atoms with van der Waals surface area (Å²) in [6.07, 6.45) is 12.2. The number of para-hydroxylation sites is 2. The summed E-state index contributed by atoms with van der Waals surface area (Å²) in [6, 6.07) is 19.5. The SMILES string of the molecule is COCCOCCOCCOCCN1/C(=C/C=C/C=C/C2=[N+](CCOCCOCCOCCC(=O)On3c(O)ccc3O)c3ccccc3C2(C)CCOCCOCCOCCOC)C(C)(CCOCCOCCOCCOC)c2ccccc21. The van der Waals surface area contributed by atoms with Gasteiger partial charge in [-0.25, -0.2) is 4.79 Å².